The number of fused-ring (bicyclic) bond motifs is 1. The van der Waals surface area contributed by atoms with E-state index in [2.05, 4.69) is 21.2 Å². The number of halogens is 1. The molecular formula is C30H28BrN3O5. The summed E-state index contributed by atoms with van der Waals surface area (Å²) in [5.41, 5.74) is 2.67. The van der Waals surface area contributed by atoms with E-state index in [1.54, 1.807) is 53.4 Å². The molecule has 0 aliphatic carbocycles. The number of hydrogen-bond donors (Lipinski definition) is 2. The molecule has 3 atom stereocenters. The van der Waals surface area contributed by atoms with Gasteiger partial charge < -0.3 is 20.2 Å². The Morgan fingerprint density at radius 2 is 1.72 bits per heavy atom. The lowest BCUT2D eigenvalue weighted by molar-refractivity contribution is -0.138. The SMILES string of the molecule is Cc1ccc(C(=O)N2CC(=O)C3C2CCN3C(=O)[C@H](Cc2ccc(O)cc2)NC(=O)c2cccc(Br)c2)cc1. The molecule has 5 rings (SSSR count). The molecule has 2 saturated heterocycles. The van der Waals surface area contributed by atoms with E-state index in [1.807, 2.05) is 19.1 Å². The second-order valence-corrected chi connectivity index (χ2v) is 10.9. The van der Waals surface area contributed by atoms with E-state index in [1.165, 1.54) is 17.0 Å². The van der Waals surface area contributed by atoms with Gasteiger partial charge >= 0.3 is 0 Å². The standard InChI is InChI=1S/C30H28BrN3O5/c1-18-5-9-20(10-6-18)29(38)34-17-26(36)27-25(34)13-14-33(27)30(39)24(15-19-7-11-23(35)12-8-19)32-28(37)21-3-2-4-22(31)16-21/h2-12,16,24-25,27,35H,13-15,17H2,1H3,(H,32,37)/t24-,25?,27?/m0/s1. The molecule has 0 radical (unpaired) electrons. The number of ketones is 1. The number of carbonyl (C=O) groups excluding carboxylic acids is 4. The molecule has 8 nitrogen and oxygen atoms in total. The number of Topliss-reactive ketones (excluding diaryl/α,β-unsaturated/α-hetero) is 1. The fraction of sp³-hybridized carbons (Fsp3) is 0.267. The molecule has 0 aromatic heterocycles. The lowest BCUT2D eigenvalue weighted by Gasteiger charge is -2.28. The zero-order chi connectivity index (χ0) is 27.7. The number of likely N-dealkylation sites (tertiary alicyclic amines) is 2. The highest BCUT2D eigenvalue weighted by atomic mass is 79.9. The van der Waals surface area contributed by atoms with Crippen LogP contribution in [0.1, 0.15) is 38.3 Å². The van der Waals surface area contributed by atoms with Crippen LogP contribution in [-0.4, -0.2) is 69.6 Å². The van der Waals surface area contributed by atoms with Crippen LogP contribution in [0.5, 0.6) is 5.75 Å². The number of nitrogens with one attached hydrogen (secondary N) is 1. The summed E-state index contributed by atoms with van der Waals surface area (Å²) >= 11 is 3.37. The van der Waals surface area contributed by atoms with E-state index in [9.17, 15) is 24.3 Å². The van der Waals surface area contributed by atoms with E-state index in [0.717, 1.165) is 15.6 Å². The van der Waals surface area contributed by atoms with E-state index in [0.29, 0.717) is 24.1 Å². The summed E-state index contributed by atoms with van der Waals surface area (Å²) in [4.78, 5) is 56.5. The van der Waals surface area contributed by atoms with Gasteiger partial charge in [0.1, 0.15) is 17.8 Å². The van der Waals surface area contributed by atoms with Crippen molar-refractivity contribution >= 4 is 39.4 Å². The number of aromatic hydroxyl groups is 1. The third kappa shape index (κ3) is 5.59. The molecule has 3 amide bonds. The maximum Gasteiger partial charge on any atom is 0.254 e. The highest BCUT2D eigenvalue weighted by Crippen LogP contribution is 2.32. The Bertz CT molecular complexity index is 1420. The van der Waals surface area contributed by atoms with Gasteiger partial charge in [-0.1, -0.05) is 51.8 Å². The number of phenols is 1. The predicted molar refractivity (Wildman–Crippen MR) is 148 cm³/mol. The van der Waals surface area contributed by atoms with Crippen molar-refractivity contribution in [3.05, 3.63) is 99.5 Å². The van der Waals surface area contributed by atoms with Gasteiger partial charge in [-0.15, -0.1) is 0 Å². The van der Waals surface area contributed by atoms with Crippen LogP contribution in [0.25, 0.3) is 0 Å². The van der Waals surface area contributed by atoms with Crippen LogP contribution in [0.4, 0.5) is 0 Å². The summed E-state index contributed by atoms with van der Waals surface area (Å²) in [6.45, 7) is 2.18. The molecule has 9 heteroatoms. The highest BCUT2D eigenvalue weighted by molar-refractivity contribution is 9.10. The summed E-state index contributed by atoms with van der Waals surface area (Å²) in [5.74, 6) is -1.12. The maximum absolute atomic E-state index is 13.9. The first-order valence-electron chi connectivity index (χ1n) is 12.8. The fourth-order valence-electron chi connectivity index (χ4n) is 5.34. The largest absolute Gasteiger partial charge is 0.508 e. The van der Waals surface area contributed by atoms with Gasteiger partial charge in [-0.3, -0.25) is 19.2 Å². The molecule has 2 aliphatic heterocycles. The second-order valence-electron chi connectivity index (χ2n) is 10.0. The molecule has 2 fully saturated rings. The molecule has 0 bridgehead atoms. The van der Waals surface area contributed by atoms with E-state index in [4.69, 9.17) is 0 Å². The van der Waals surface area contributed by atoms with Crippen LogP contribution in [0, 0.1) is 6.92 Å². The highest BCUT2D eigenvalue weighted by Gasteiger charge is 2.52. The number of nitrogens with zero attached hydrogens (tertiary/aromatic N) is 2. The summed E-state index contributed by atoms with van der Waals surface area (Å²) in [5, 5.41) is 12.5. The number of amides is 3. The first-order valence-corrected chi connectivity index (χ1v) is 13.6. The second kappa shape index (κ2) is 11.0. The van der Waals surface area contributed by atoms with Crippen molar-refractivity contribution in [3.8, 4) is 5.75 Å². The summed E-state index contributed by atoms with van der Waals surface area (Å²) in [6, 6.07) is 18.4. The van der Waals surface area contributed by atoms with Crippen molar-refractivity contribution < 1.29 is 24.3 Å². The Morgan fingerprint density at radius 1 is 1.00 bits per heavy atom. The van der Waals surface area contributed by atoms with Crippen molar-refractivity contribution in [1.29, 1.82) is 0 Å². The summed E-state index contributed by atoms with van der Waals surface area (Å²) in [6.07, 6.45) is 0.651. The molecular weight excluding hydrogens is 562 g/mol. The van der Waals surface area contributed by atoms with Crippen LogP contribution >= 0.6 is 15.9 Å². The lowest BCUT2D eigenvalue weighted by Crippen LogP contribution is -2.53. The molecule has 3 aromatic carbocycles. The van der Waals surface area contributed by atoms with E-state index in [-0.39, 0.29) is 36.3 Å². The van der Waals surface area contributed by atoms with Gasteiger partial charge in [-0.2, -0.15) is 0 Å². The molecule has 3 aromatic rings. The number of benzene rings is 3. The van der Waals surface area contributed by atoms with Crippen LogP contribution < -0.4 is 5.32 Å². The summed E-state index contributed by atoms with van der Waals surface area (Å²) < 4.78 is 0.730. The number of hydrogen-bond acceptors (Lipinski definition) is 5. The molecule has 2 unspecified atom stereocenters. The van der Waals surface area contributed by atoms with Crippen LogP contribution in [-0.2, 0) is 16.0 Å². The molecule has 0 saturated carbocycles. The third-order valence-corrected chi connectivity index (χ3v) is 7.82. The average Bonchev–Trinajstić information content (AvgIpc) is 3.50. The molecule has 200 valence electrons. The minimum Gasteiger partial charge on any atom is -0.508 e. The van der Waals surface area contributed by atoms with Crippen molar-refractivity contribution in [2.45, 2.75) is 37.9 Å². The number of aryl methyl sites for hydroxylation is 1. The van der Waals surface area contributed by atoms with Gasteiger partial charge in [0.2, 0.25) is 5.91 Å². The molecule has 2 N–H and O–H groups in total. The van der Waals surface area contributed by atoms with Crippen LogP contribution in [0.15, 0.2) is 77.3 Å². The Balaban J connectivity index is 1.38. The smallest absolute Gasteiger partial charge is 0.254 e. The van der Waals surface area contributed by atoms with E-state index < -0.39 is 24.0 Å². The van der Waals surface area contributed by atoms with Crippen molar-refractivity contribution in [1.82, 2.24) is 15.1 Å². The van der Waals surface area contributed by atoms with Gasteiger partial charge in [0, 0.05) is 28.6 Å². The Labute approximate surface area is 234 Å². The van der Waals surface area contributed by atoms with Crippen molar-refractivity contribution in [2.24, 2.45) is 0 Å². The van der Waals surface area contributed by atoms with Crippen LogP contribution in [0.2, 0.25) is 0 Å². The monoisotopic (exact) mass is 589 g/mol. The number of rotatable bonds is 6. The topological polar surface area (TPSA) is 107 Å². The normalized spacial score (nSPS) is 19.1. The first-order chi connectivity index (χ1) is 18.7. The minimum atomic E-state index is -0.950. The van der Waals surface area contributed by atoms with Crippen LogP contribution in [0.3, 0.4) is 0 Å². The Kier molecular flexibility index (Phi) is 7.52. The maximum atomic E-state index is 13.9. The Hall–Kier alpha value is -3.98. The van der Waals surface area contributed by atoms with Gasteiger partial charge in [-0.05, 0) is 61.4 Å². The quantitative estimate of drug-likeness (QED) is 0.457. The third-order valence-electron chi connectivity index (χ3n) is 7.33. The minimum absolute atomic E-state index is 0.0567. The molecule has 39 heavy (non-hydrogen) atoms. The van der Waals surface area contributed by atoms with Crippen molar-refractivity contribution in [2.75, 3.05) is 13.1 Å². The van der Waals surface area contributed by atoms with Gasteiger partial charge in [-0.25, -0.2) is 0 Å². The summed E-state index contributed by atoms with van der Waals surface area (Å²) in [7, 11) is 0. The number of carbonyl (C=O) groups is 4. The first kappa shape index (κ1) is 26.6. The predicted octanol–water partition coefficient (Wildman–Crippen LogP) is 3.50. The van der Waals surface area contributed by atoms with Gasteiger partial charge in [0.25, 0.3) is 11.8 Å². The zero-order valence-corrected chi connectivity index (χ0v) is 22.9. The molecule has 2 heterocycles. The van der Waals surface area contributed by atoms with Gasteiger partial charge in [0.15, 0.2) is 5.78 Å². The Morgan fingerprint density at radius 3 is 2.41 bits per heavy atom. The fourth-order valence-corrected chi connectivity index (χ4v) is 5.74. The van der Waals surface area contributed by atoms with Crippen molar-refractivity contribution in [3.63, 3.8) is 0 Å². The zero-order valence-electron chi connectivity index (χ0n) is 21.3. The molecule has 0 spiro atoms. The lowest BCUT2D eigenvalue weighted by atomic mass is 10.0. The van der Waals surface area contributed by atoms with E-state index >= 15 is 0 Å². The van der Waals surface area contributed by atoms with Gasteiger partial charge in [0.05, 0.1) is 12.6 Å². The average molecular weight is 590 g/mol. The number of phenolic OH excluding ortho intramolecular Hbond substituents is 1. The molecule has 2 aliphatic rings.